The normalized spacial score (nSPS) is 16.3. The molecule has 1 fully saturated rings. The monoisotopic (exact) mass is 433 g/mol. The number of nitrogens with one attached hydrogen (secondary N) is 1. The van der Waals surface area contributed by atoms with E-state index in [-0.39, 0.29) is 10.3 Å². The first-order chi connectivity index (χ1) is 14.3. The van der Waals surface area contributed by atoms with Crippen LogP contribution in [0.4, 0.5) is 0 Å². The molecule has 1 aliphatic heterocycles. The Kier molecular flexibility index (Phi) is 7.06. The summed E-state index contributed by atoms with van der Waals surface area (Å²) < 4.78 is 45.6. The lowest BCUT2D eigenvalue weighted by molar-refractivity contribution is 0.0517. The maximum Gasteiger partial charge on any atom is 0.240 e. The van der Waals surface area contributed by atoms with Gasteiger partial charge in [-0.3, -0.25) is 0 Å². The molecule has 1 aliphatic rings. The molecule has 0 aromatic heterocycles. The molecule has 0 atom stereocenters. The summed E-state index contributed by atoms with van der Waals surface area (Å²) in [5.74, 6) is 1.53. The summed E-state index contributed by atoms with van der Waals surface area (Å²) >= 11 is 0. The first-order valence-electron chi connectivity index (χ1n) is 10.3. The van der Waals surface area contributed by atoms with Crippen molar-refractivity contribution < 1.29 is 22.6 Å². The van der Waals surface area contributed by atoms with Gasteiger partial charge in [-0.25, -0.2) is 13.1 Å². The third-order valence-electron chi connectivity index (χ3n) is 5.79. The molecule has 30 heavy (non-hydrogen) atoms. The van der Waals surface area contributed by atoms with Gasteiger partial charge in [-0.05, 0) is 74.6 Å². The minimum absolute atomic E-state index is 0.262. The third kappa shape index (κ3) is 4.79. The molecule has 0 bridgehead atoms. The van der Waals surface area contributed by atoms with E-state index in [2.05, 4.69) is 4.72 Å². The van der Waals surface area contributed by atoms with Crippen LogP contribution in [0, 0.1) is 13.8 Å². The van der Waals surface area contributed by atoms with Crippen molar-refractivity contribution in [3.05, 3.63) is 53.1 Å². The first-order valence-corrected chi connectivity index (χ1v) is 11.8. The number of benzene rings is 2. The van der Waals surface area contributed by atoms with Crippen LogP contribution in [0.3, 0.4) is 0 Å². The van der Waals surface area contributed by atoms with E-state index in [0.717, 1.165) is 41.0 Å². The maximum atomic E-state index is 13.1. The van der Waals surface area contributed by atoms with Crippen molar-refractivity contribution in [2.75, 3.05) is 33.5 Å². The van der Waals surface area contributed by atoms with E-state index in [0.29, 0.717) is 26.4 Å². The fourth-order valence-corrected chi connectivity index (χ4v) is 5.33. The molecule has 6 nitrogen and oxygen atoms in total. The van der Waals surface area contributed by atoms with Crippen molar-refractivity contribution in [1.82, 2.24) is 4.72 Å². The molecular formula is C23H31NO5S. The lowest BCUT2D eigenvalue weighted by Crippen LogP contribution is -2.44. The summed E-state index contributed by atoms with van der Waals surface area (Å²) in [6, 6.07) is 11.2. The summed E-state index contributed by atoms with van der Waals surface area (Å²) in [6.45, 7) is 7.72. The van der Waals surface area contributed by atoms with Gasteiger partial charge in [-0.2, -0.15) is 0 Å². The highest BCUT2D eigenvalue weighted by molar-refractivity contribution is 7.89. The molecule has 2 aromatic carbocycles. The number of sulfonamides is 1. The van der Waals surface area contributed by atoms with E-state index in [4.69, 9.17) is 14.2 Å². The third-order valence-corrected chi connectivity index (χ3v) is 7.17. The molecule has 7 heteroatoms. The van der Waals surface area contributed by atoms with Gasteiger partial charge in [0, 0.05) is 25.2 Å². The van der Waals surface area contributed by atoms with Gasteiger partial charge >= 0.3 is 0 Å². The summed E-state index contributed by atoms with van der Waals surface area (Å²) in [6.07, 6.45) is 1.51. The van der Waals surface area contributed by atoms with E-state index in [1.165, 1.54) is 0 Å². The number of rotatable bonds is 8. The molecular weight excluding hydrogens is 402 g/mol. The van der Waals surface area contributed by atoms with Crippen LogP contribution in [0.15, 0.2) is 41.3 Å². The second-order valence-corrected chi connectivity index (χ2v) is 9.53. The molecule has 0 amide bonds. The second-order valence-electron chi connectivity index (χ2n) is 7.76. The highest BCUT2D eigenvalue weighted by Crippen LogP contribution is 2.36. The Morgan fingerprint density at radius 3 is 2.20 bits per heavy atom. The van der Waals surface area contributed by atoms with Crippen molar-refractivity contribution in [3.8, 4) is 11.5 Å². The van der Waals surface area contributed by atoms with E-state index < -0.39 is 10.0 Å². The number of hydrogen-bond acceptors (Lipinski definition) is 5. The highest BCUT2D eigenvalue weighted by atomic mass is 32.2. The molecule has 0 radical (unpaired) electrons. The van der Waals surface area contributed by atoms with Crippen molar-refractivity contribution in [2.24, 2.45) is 0 Å². The van der Waals surface area contributed by atoms with Crippen molar-refractivity contribution in [3.63, 3.8) is 0 Å². The summed E-state index contributed by atoms with van der Waals surface area (Å²) in [4.78, 5) is 0.262. The Balaban J connectivity index is 1.86. The van der Waals surface area contributed by atoms with Crippen LogP contribution in [0.1, 0.15) is 36.5 Å². The largest absolute Gasteiger partial charge is 0.497 e. The molecule has 1 N–H and O–H groups in total. The average molecular weight is 434 g/mol. The molecule has 0 spiro atoms. The fourth-order valence-electron chi connectivity index (χ4n) is 4.03. The van der Waals surface area contributed by atoms with Gasteiger partial charge in [-0.15, -0.1) is 0 Å². The number of ether oxygens (including phenoxy) is 3. The van der Waals surface area contributed by atoms with E-state index in [1.807, 2.05) is 45.0 Å². The Labute approximate surface area is 179 Å². The topological polar surface area (TPSA) is 73.9 Å². The fraction of sp³-hybridized carbons (Fsp3) is 0.478. The predicted octanol–water partition coefficient (Wildman–Crippen LogP) is 3.74. The van der Waals surface area contributed by atoms with Gasteiger partial charge < -0.3 is 14.2 Å². The van der Waals surface area contributed by atoms with Crippen LogP contribution < -0.4 is 14.2 Å². The average Bonchev–Trinajstić information content (AvgIpc) is 2.75. The van der Waals surface area contributed by atoms with Gasteiger partial charge in [0.25, 0.3) is 0 Å². The summed E-state index contributed by atoms with van der Waals surface area (Å²) in [7, 11) is -2.03. The molecule has 0 unspecified atom stereocenters. The van der Waals surface area contributed by atoms with Gasteiger partial charge in [-0.1, -0.05) is 12.1 Å². The molecule has 164 valence electrons. The Morgan fingerprint density at radius 2 is 1.67 bits per heavy atom. The van der Waals surface area contributed by atoms with Crippen LogP contribution in [0.25, 0.3) is 0 Å². The van der Waals surface area contributed by atoms with Crippen LogP contribution in [-0.4, -0.2) is 41.9 Å². The zero-order valence-corrected chi connectivity index (χ0v) is 19.0. The van der Waals surface area contributed by atoms with Gasteiger partial charge in [0.1, 0.15) is 11.5 Å². The molecule has 0 saturated carbocycles. The van der Waals surface area contributed by atoms with E-state index >= 15 is 0 Å². The van der Waals surface area contributed by atoms with Gasteiger partial charge in [0.15, 0.2) is 0 Å². The van der Waals surface area contributed by atoms with E-state index in [9.17, 15) is 8.42 Å². The smallest absolute Gasteiger partial charge is 0.240 e. The standard InChI is InChI=1S/C23H31NO5S/c1-5-29-22-17(2)14-21(15-18(22)3)30(25,26)24-16-23(10-12-28-13-11-23)19-6-8-20(27-4)9-7-19/h6-9,14-15,24H,5,10-13,16H2,1-4H3. The zero-order chi connectivity index (χ0) is 21.8. The number of methoxy groups -OCH3 is 1. The summed E-state index contributed by atoms with van der Waals surface area (Å²) in [5.41, 5.74) is 2.40. The van der Waals surface area contributed by atoms with Crippen LogP contribution in [0.2, 0.25) is 0 Å². The van der Waals surface area contributed by atoms with E-state index in [1.54, 1.807) is 19.2 Å². The minimum Gasteiger partial charge on any atom is -0.497 e. The van der Waals surface area contributed by atoms with Crippen LogP contribution in [0.5, 0.6) is 11.5 Å². The molecule has 2 aromatic rings. The Bertz CT molecular complexity index is 941. The Morgan fingerprint density at radius 1 is 1.07 bits per heavy atom. The van der Waals surface area contributed by atoms with Crippen molar-refractivity contribution >= 4 is 10.0 Å². The lowest BCUT2D eigenvalue weighted by Gasteiger charge is -2.38. The highest BCUT2D eigenvalue weighted by Gasteiger charge is 2.36. The SMILES string of the molecule is CCOc1c(C)cc(S(=O)(=O)NCC2(c3ccc(OC)cc3)CCOCC2)cc1C. The molecule has 1 heterocycles. The van der Waals surface area contributed by atoms with Gasteiger partial charge in [0.05, 0.1) is 18.6 Å². The minimum atomic E-state index is -3.67. The molecule has 1 saturated heterocycles. The maximum absolute atomic E-state index is 13.1. The van der Waals surface area contributed by atoms with Gasteiger partial charge in [0.2, 0.25) is 10.0 Å². The number of aryl methyl sites for hydroxylation is 2. The first kappa shape index (κ1) is 22.6. The summed E-state index contributed by atoms with van der Waals surface area (Å²) in [5, 5.41) is 0. The lowest BCUT2D eigenvalue weighted by atomic mass is 9.74. The quantitative estimate of drug-likeness (QED) is 0.687. The number of hydrogen-bond donors (Lipinski definition) is 1. The molecule has 0 aliphatic carbocycles. The van der Waals surface area contributed by atoms with Crippen LogP contribution in [-0.2, 0) is 20.2 Å². The second kappa shape index (κ2) is 9.37. The van der Waals surface area contributed by atoms with Crippen molar-refractivity contribution in [2.45, 2.75) is 43.9 Å². The van der Waals surface area contributed by atoms with Crippen molar-refractivity contribution in [1.29, 1.82) is 0 Å². The predicted molar refractivity (Wildman–Crippen MR) is 117 cm³/mol. The Hall–Kier alpha value is -2.09. The van der Waals surface area contributed by atoms with Crippen LogP contribution >= 0.6 is 0 Å². The zero-order valence-electron chi connectivity index (χ0n) is 18.2. The molecule has 3 rings (SSSR count).